The minimum Gasteiger partial charge on any atom is -0.380 e. The number of hydrogen-bond donors (Lipinski definition) is 0. The van der Waals surface area contributed by atoms with E-state index in [0.717, 1.165) is 54.3 Å². The predicted molar refractivity (Wildman–Crippen MR) is 84.9 cm³/mol. The molecular formula is C15H20Cl2N2O. The molecule has 0 aliphatic heterocycles. The Morgan fingerprint density at radius 3 is 2.90 bits per heavy atom. The molecule has 20 heavy (non-hydrogen) atoms. The van der Waals surface area contributed by atoms with Gasteiger partial charge in [0.25, 0.3) is 0 Å². The molecule has 1 heterocycles. The van der Waals surface area contributed by atoms with Gasteiger partial charge in [0.05, 0.1) is 17.6 Å². The zero-order chi connectivity index (χ0) is 14.4. The van der Waals surface area contributed by atoms with Crippen molar-refractivity contribution in [3.8, 4) is 0 Å². The van der Waals surface area contributed by atoms with Crippen LogP contribution in [0.4, 0.5) is 0 Å². The molecule has 2 aromatic rings. The van der Waals surface area contributed by atoms with E-state index < -0.39 is 0 Å². The maximum absolute atomic E-state index is 6.08. The van der Waals surface area contributed by atoms with Gasteiger partial charge in [0.2, 0.25) is 0 Å². The molecule has 0 radical (unpaired) electrons. The molecule has 0 saturated heterocycles. The monoisotopic (exact) mass is 314 g/mol. The molecule has 0 unspecified atom stereocenters. The fraction of sp³-hybridized carbons (Fsp3) is 0.533. The van der Waals surface area contributed by atoms with E-state index >= 15 is 0 Å². The summed E-state index contributed by atoms with van der Waals surface area (Å²) in [6.45, 7) is 4.45. The molecule has 0 saturated carbocycles. The van der Waals surface area contributed by atoms with E-state index in [4.69, 9.17) is 27.9 Å². The predicted octanol–water partition coefficient (Wildman–Crippen LogP) is 4.29. The van der Waals surface area contributed by atoms with E-state index in [2.05, 4.69) is 16.5 Å². The van der Waals surface area contributed by atoms with Crippen LogP contribution in [0.5, 0.6) is 0 Å². The summed E-state index contributed by atoms with van der Waals surface area (Å²) >= 11 is 11.9. The second-order valence-corrected chi connectivity index (χ2v) is 5.53. The fourth-order valence-electron chi connectivity index (χ4n) is 2.17. The fourth-order valence-corrected chi connectivity index (χ4v) is 2.51. The lowest BCUT2D eigenvalue weighted by Crippen LogP contribution is -2.10. The third kappa shape index (κ3) is 3.87. The molecule has 3 nitrogen and oxygen atoms in total. The van der Waals surface area contributed by atoms with Crippen molar-refractivity contribution in [1.29, 1.82) is 0 Å². The van der Waals surface area contributed by atoms with Crippen LogP contribution in [0.25, 0.3) is 11.0 Å². The standard InChI is InChI=1S/C15H20Cl2N2O/c1-2-3-9-20-10-8-19-14-11-12(17)4-5-13(14)18-15(19)6-7-16/h4-5,11H,2-3,6-10H2,1H3. The van der Waals surface area contributed by atoms with Gasteiger partial charge in [-0.1, -0.05) is 24.9 Å². The number of fused-ring (bicyclic) bond motifs is 1. The van der Waals surface area contributed by atoms with Crippen molar-refractivity contribution in [2.24, 2.45) is 0 Å². The van der Waals surface area contributed by atoms with Crippen molar-refractivity contribution in [2.45, 2.75) is 32.7 Å². The number of unbranched alkanes of at least 4 members (excludes halogenated alkanes) is 1. The van der Waals surface area contributed by atoms with E-state index in [9.17, 15) is 0 Å². The summed E-state index contributed by atoms with van der Waals surface area (Å²) < 4.78 is 7.81. The summed E-state index contributed by atoms with van der Waals surface area (Å²) in [5.74, 6) is 1.56. The number of aryl methyl sites for hydroxylation is 1. The number of hydrogen-bond acceptors (Lipinski definition) is 2. The third-order valence-electron chi connectivity index (χ3n) is 3.21. The highest BCUT2D eigenvalue weighted by atomic mass is 35.5. The first kappa shape index (κ1) is 15.6. The van der Waals surface area contributed by atoms with E-state index in [1.165, 1.54) is 0 Å². The van der Waals surface area contributed by atoms with Crippen molar-refractivity contribution in [2.75, 3.05) is 19.1 Å². The highest BCUT2D eigenvalue weighted by Gasteiger charge is 2.10. The van der Waals surface area contributed by atoms with Gasteiger partial charge in [-0.3, -0.25) is 0 Å². The Hall–Kier alpha value is -0.770. The Kier molecular flexibility index (Phi) is 6.14. The lowest BCUT2D eigenvalue weighted by atomic mass is 10.3. The largest absolute Gasteiger partial charge is 0.380 e. The van der Waals surface area contributed by atoms with Gasteiger partial charge in [-0.2, -0.15) is 0 Å². The van der Waals surface area contributed by atoms with Crippen LogP contribution in [0.15, 0.2) is 18.2 Å². The number of nitrogens with zero attached hydrogens (tertiary/aromatic N) is 2. The summed E-state index contributed by atoms with van der Waals surface area (Å²) in [6.07, 6.45) is 3.01. The number of aromatic nitrogens is 2. The van der Waals surface area contributed by atoms with E-state index in [-0.39, 0.29) is 0 Å². The zero-order valence-electron chi connectivity index (χ0n) is 11.7. The molecule has 0 aliphatic carbocycles. The summed E-state index contributed by atoms with van der Waals surface area (Å²) in [5, 5.41) is 0.725. The second-order valence-electron chi connectivity index (χ2n) is 4.72. The Labute approximate surface area is 129 Å². The molecule has 0 bridgehead atoms. The molecule has 1 aromatic carbocycles. The summed E-state index contributed by atoms with van der Waals surface area (Å²) in [5.41, 5.74) is 2.01. The first-order valence-corrected chi connectivity index (χ1v) is 7.96. The van der Waals surface area contributed by atoms with Crippen molar-refractivity contribution in [3.63, 3.8) is 0 Å². The second kappa shape index (κ2) is 7.87. The number of benzene rings is 1. The van der Waals surface area contributed by atoms with Crippen LogP contribution in [0, 0.1) is 0 Å². The molecule has 0 aliphatic rings. The Morgan fingerprint density at radius 1 is 1.30 bits per heavy atom. The summed E-state index contributed by atoms with van der Waals surface area (Å²) in [6, 6.07) is 5.76. The van der Waals surface area contributed by atoms with Gasteiger partial charge in [0.15, 0.2) is 0 Å². The minimum atomic E-state index is 0.563. The average molecular weight is 315 g/mol. The molecule has 0 amide bonds. The normalized spacial score (nSPS) is 11.3. The van der Waals surface area contributed by atoms with Crippen LogP contribution >= 0.6 is 23.2 Å². The van der Waals surface area contributed by atoms with Gasteiger partial charge in [0.1, 0.15) is 5.82 Å². The van der Waals surface area contributed by atoms with Crippen LogP contribution in [0.1, 0.15) is 25.6 Å². The van der Waals surface area contributed by atoms with Crippen molar-refractivity contribution in [3.05, 3.63) is 29.0 Å². The third-order valence-corrected chi connectivity index (χ3v) is 3.63. The number of halogens is 2. The number of ether oxygens (including phenoxy) is 1. The van der Waals surface area contributed by atoms with Gasteiger partial charge in [0, 0.05) is 30.5 Å². The van der Waals surface area contributed by atoms with Crippen LogP contribution in [-0.2, 0) is 17.7 Å². The van der Waals surface area contributed by atoms with Crippen LogP contribution < -0.4 is 0 Å². The lowest BCUT2D eigenvalue weighted by molar-refractivity contribution is 0.123. The SMILES string of the molecule is CCCCOCCn1c(CCCl)nc2ccc(Cl)cc21. The molecule has 1 aromatic heterocycles. The van der Waals surface area contributed by atoms with Crippen LogP contribution in [0.3, 0.4) is 0 Å². The Bertz CT molecular complexity index is 554. The highest BCUT2D eigenvalue weighted by Crippen LogP contribution is 2.21. The summed E-state index contributed by atoms with van der Waals surface area (Å²) in [7, 11) is 0. The molecule has 0 atom stereocenters. The van der Waals surface area contributed by atoms with E-state index in [0.29, 0.717) is 12.5 Å². The zero-order valence-corrected chi connectivity index (χ0v) is 13.3. The maximum atomic E-state index is 6.08. The molecule has 0 fully saturated rings. The van der Waals surface area contributed by atoms with Gasteiger partial charge in [-0.25, -0.2) is 4.98 Å². The quantitative estimate of drug-likeness (QED) is 0.537. The lowest BCUT2D eigenvalue weighted by Gasteiger charge is -2.09. The van der Waals surface area contributed by atoms with Gasteiger partial charge < -0.3 is 9.30 Å². The van der Waals surface area contributed by atoms with Crippen molar-refractivity contribution < 1.29 is 4.74 Å². The van der Waals surface area contributed by atoms with Crippen LogP contribution in [-0.4, -0.2) is 28.6 Å². The van der Waals surface area contributed by atoms with Crippen LogP contribution in [0.2, 0.25) is 5.02 Å². The number of rotatable bonds is 8. The van der Waals surface area contributed by atoms with Gasteiger partial charge in [-0.05, 0) is 24.6 Å². The molecule has 2 rings (SSSR count). The molecule has 110 valence electrons. The molecular weight excluding hydrogens is 295 g/mol. The van der Waals surface area contributed by atoms with Crippen molar-refractivity contribution in [1.82, 2.24) is 9.55 Å². The molecule has 0 spiro atoms. The molecule has 5 heteroatoms. The maximum Gasteiger partial charge on any atom is 0.111 e. The first-order chi connectivity index (χ1) is 9.76. The smallest absolute Gasteiger partial charge is 0.111 e. The van der Waals surface area contributed by atoms with Gasteiger partial charge in [-0.15, -0.1) is 11.6 Å². The van der Waals surface area contributed by atoms with E-state index in [1.807, 2.05) is 18.2 Å². The average Bonchev–Trinajstić information content (AvgIpc) is 2.76. The summed E-state index contributed by atoms with van der Waals surface area (Å²) in [4.78, 5) is 4.62. The first-order valence-electron chi connectivity index (χ1n) is 7.04. The number of alkyl halides is 1. The highest BCUT2D eigenvalue weighted by molar-refractivity contribution is 6.31. The Morgan fingerprint density at radius 2 is 2.15 bits per heavy atom. The van der Waals surface area contributed by atoms with Crippen molar-refractivity contribution >= 4 is 34.2 Å². The van der Waals surface area contributed by atoms with Gasteiger partial charge >= 0.3 is 0 Å². The Balaban J connectivity index is 2.15. The number of imidazole rings is 1. The minimum absolute atomic E-state index is 0.563. The topological polar surface area (TPSA) is 27.1 Å². The molecule has 0 N–H and O–H groups in total. The van der Waals surface area contributed by atoms with E-state index in [1.54, 1.807) is 0 Å².